The normalized spacial score (nSPS) is 10.2. The average Bonchev–Trinajstić information content (AvgIpc) is 2.47. The Morgan fingerprint density at radius 2 is 1.65 bits per heavy atom. The fourth-order valence-electron chi connectivity index (χ4n) is 1.70. The van der Waals surface area contributed by atoms with Crippen molar-refractivity contribution in [2.75, 3.05) is 5.73 Å². The minimum atomic E-state index is 0.364. The van der Waals surface area contributed by atoms with E-state index < -0.39 is 0 Å². The maximum atomic E-state index is 9.18. The number of anilines is 1. The summed E-state index contributed by atoms with van der Waals surface area (Å²) in [6, 6.07) is 14.3. The molecule has 0 aromatic heterocycles. The molecule has 5 heteroatoms. The quantitative estimate of drug-likeness (QED) is 0.658. The molecule has 0 fully saturated rings. The van der Waals surface area contributed by atoms with E-state index in [1.807, 2.05) is 6.07 Å². The summed E-state index contributed by atoms with van der Waals surface area (Å²) in [5.74, 6) is 0. The number of rotatable bonds is 2. The predicted octanol–water partition coefficient (Wildman–Crippen LogP) is 3.74. The third-order valence-corrected chi connectivity index (χ3v) is 2.84. The first-order valence-corrected chi connectivity index (χ1v) is 5.87. The molecule has 0 amide bonds. The molecule has 0 spiro atoms. The van der Waals surface area contributed by atoms with Gasteiger partial charge < -0.3 is 5.73 Å². The second kappa shape index (κ2) is 5.64. The van der Waals surface area contributed by atoms with Crippen molar-refractivity contribution in [1.82, 2.24) is 0 Å². The van der Waals surface area contributed by atoms with Crippen molar-refractivity contribution in [3.05, 3.63) is 53.1 Å². The summed E-state index contributed by atoms with van der Waals surface area (Å²) < 4.78 is 0. The molecule has 0 aliphatic rings. The van der Waals surface area contributed by atoms with Gasteiger partial charge in [0.2, 0.25) is 0 Å². The molecular weight excluding hydrogens is 250 g/mol. The highest BCUT2D eigenvalue weighted by molar-refractivity contribution is 5.61. The van der Waals surface area contributed by atoms with E-state index in [9.17, 15) is 5.26 Å². The van der Waals surface area contributed by atoms with E-state index in [2.05, 4.69) is 16.3 Å². The minimum absolute atomic E-state index is 0.364. The Morgan fingerprint density at radius 3 is 2.25 bits per heavy atom. The molecule has 0 bridgehead atoms. The van der Waals surface area contributed by atoms with E-state index in [1.54, 1.807) is 43.3 Å². The maximum Gasteiger partial charge on any atom is 0.104 e. The van der Waals surface area contributed by atoms with Crippen LogP contribution in [-0.4, -0.2) is 0 Å². The van der Waals surface area contributed by atoms with E-state index in [4.69, 9.17) is 11.0 Å². The van der Waals surface area contributed by atoms with Gasteiger partial charge in [0.1, 0.15) is 11.8 Å². The van der Waals surface area contributed by atoms with Crippen LogP contribution in [0.3, 0.4) is 0 Å². The van der Waals surface area contributed by atoms with Gasteiger partial charge in [0, 0.05) is 5.69 Å². The fourth-order valence-corrected chi connectivity index (χ4v) is 1.70. The SMILES string of the molecule is Cc1c(C#N)ccc(N=Nc2ccc(N)cc2)c1C#N. The summed E-state index contributed by atoms with van der Waals surface area (Å²) in [5, 5.41) is 26.2. The molecule has 2 aromatic rings. The number of benzene rings is 2. The van der Waals surface area contributed by atoms with Crippen molar-refractivity contribution in [3.8, 4) is 12.1 Å². The van der Waals surface area contributed by atoms with E-state index >= 15 is 0 Å². The average molecular weight is 261 g/mol. The van der Waals surface area contributed by atoms with Gasteiger partial charge in [0.05, 0.1) is 22.9 Å². The zero-order chi connectivity index (χ0) is 14.5. The van der Waals surface area contributed by atoms with Crippen LogP contribution in [0, 0.1) is 29.6 Å². The summed E-state index contributed by atoms with van der Waals surface area (Å²) in [6.07, 6.45) is 0. The zero-order valence-electron chi connectivity index (χ0n) is 10.8. The molecule has 2 rings (SSSR count). The highest BCUT2D eigenvalue weighted by Gasteiger charge is 2.09. The van der Waals surface area contributed by atoms with E-state index in [1.165, 1.54) is 0 Å². The molecule has 2 N–H and O–H groups in total. The molecule has 96 valence electrons. The lowest BCUT2D eigenvalue weighted by Gasteiger charge is -2.02. The van der Waals surface area contributed by atoms with Gasteiger partial charge in [0.15, 0.2) is 0 Å². The van der Waals surface area contributed by atoms with Crippen molar-refractivity contribution in [2.45, 2.75) is 6.92 Å². The third kappa shape index (κ3) is 2.63. The monoisotopic (exact) mass is 261 g/mol. The van der Waals surface area contributed by atoms with Gasteiger partial charge in [-0.25, -0.2) is 0 Å². The second-order valence-corrected chi connectivity index (χ2v) is 4.15. The Bertz CT molecular complexity index is 746. The second-order valence-electron chi connectivity index (χ2n) is 4.15. The summed E-state index contributed by atoms with van der Waals surface area (Å²) in [4.78, 5) is 0. The molecule has 0 unspecified atom stereocenters. The van der Waals surface area contributed by atoms with Gasteiger partial charge >= 0.3 is 0 Å². The summed E-state index contributed by atoms with van der Waals surface area (Å²) in [6.45, 7) is 1.72. The molecule has 0 radical (unpaired) electrons. The van der Waals surface area contributed by atoms with Crippen LogP contribution in [0.2, 0.25) is 0 Å². The van der Waals surface area contributed by atoms with Gasteiger partial charge in [-0.2, -0.15) is 15.6 Å². The number of azo groups is 1. The first-order chi connectivity index (χ1) is 9.65. The molecule has 0 aliphatic heterocycles. The van der Waals surface area contributed by atoms with Crippen molar-refractivity contribution in [2.24, 2.45) is 10.2 Å². The standard InChI is InChI=1S/C15H11N5/c1-10-11(8-16)2-7-15(14(10)9-17)20-19-13-5-3-12(18)4-6-13/h2-7H,18H2,1H3. The van der Waals surface area contributed by atoms with Crippen LogP contribution in [0.5, 0.6) is 0 Å². The lowest BCUT2D eigenvalue weighted by Crippen LogP contribution is -1.88. The van der Waals surface area contributed by atoms with Crippen molar-refractivity contribution >= 4 is 17.1 Å². The van der Waals surface area contributed by atoms with Gasteiger partial charge in [-0.15, -0.1) is 5.11 Å². The topological polar surface area (TPSA) is 98.3 Å². The molecule has 0 saturated carbocycles. The van der Waals surface area contributed by atoms with Crippen LogP contribution in [0.25, 0.3) is 0 Å². The molecular formula is C15H11N5. The van der Waals surface area contributed by atoms with Gasteiger partial charge in [-0.1, -0.05) is 0 Å². The number of hydrogen-bond donors (Lipinski definition) is 1. The minimum Gasteiger partial charge on any atom is -0.399 e. The molecule has 0 aliphatic carbocycles. The molecule has 5 nitrogen and oxygen atoms in total. The first-order valence-electron chi connectivity index (χ1n) is 5.87. The van der Waals surface area contributed by atoms with Crippen LogP contribution < -0.4 is 5.73 Å². The molecule has 0 heterocycles. The zero-order valence-corrected chi connectivity index (χ0v) is 10.8. The van der Waals surface area contributed by atoms with Gasteiger partial charge in [0.25, 0.3) is 0 Å². The van der Waals surface area contributed by atoms with Crippen molar-refractivity contribution in [1.29, 1.82) is 10.5 Å². The number of hydrogen-bond acceptors (Lipinski definition) is 5. The maximum absolute atomic E-state index is 9.18. The number of nitriles is 2. The largest absolute Gasteiger partial charge is 0.399 e. The number of nitrogens with zero attached hydrogens (tertiary/aromatic N) is 4. The lowest BCUT2D eigenvalue weighted by molar-refractivity contribution is 1.21. The Balaban J connectivity index is 2.40. The van der Waals surface area contributed by atoms with E-state index in [0.29, 0.717) is 33.8 Å². The van der Waals surface area contributed by atoms with E-state index in [-0.39, 0.29) is 0 Å². The van der Waals surface area contributed by atoms with Gasteiger partial charge in [-0.05, 0) is 48.9 Å². The summed E-state index contributed by atoms with van der Waals surface area (Å²) in [5.41, 5.74) is 8.77. The highest BCUT2D eigenvalue weighted by Crippen LogP contribution is 2.26. The Morgan fingerprint density at radius 1 is 0.950 bits per heavy atom. The summed E-state index contributed by atoms with van der Waals surface area (Å²) >= 11 is 0. The smallest absolute Gasteiger partial charge is 0.104 e. The number of nitrogen functional groups attached to an aromatic ring is 1. The van der Waals surface area contributed by atoms with Crippen LogP contribution >= 0.6 is 0 Å². The van der Waals surface area contributed by atoms with Crippen molar-refractivity contribution in [3.63, 3.8) is 0 Å². The Kier molecular flexibility index (Phi) is 3.74. The molecule has 0 atom stereocenters. The fraction of sp³-hybridized carbons (Fsp3) is 0.0667. The third-order valence-electron chi connectivity index (χ3n) is 2.84. The Labute approximate surface area is 116 Å². The van der Waals surface area contributed by atoms with Crippen molar-refractivity contribution < 1.29 is 0 Å². The molecule has 0 saturated heterocycles. The van der Waals surface area contributed by atoms with Crippen LogP contribution in [0.4, 0.5) is 17.1 Å². The van der Waals surface area contributed by atoms with Crippen LogP contribution in [0.1, 0.15) is 16.7 Å². The van der Waals surface area contributed by atoms with Crippen LogP contribution in [0.15, 0.2) is 46.6 Å². The summed E-state index contributed by atoms with van der Waals surface area (Å²) in [7, 11) is 0. The van der Waals surface area contributed by atoms with E-state index in [0.717, 1.165) is 0 Å². The van der Waals surface area contributed by atoms with Crippen LogP contribution in [-0.2, 0) is 0 Å². The molecule has 2 aromatic carbocycles. The first kappa shape index (κ1) is 13.3. The Hall–Kier alpha value is -3.18. The molecule has 20 heavy (non-hydrogen) atoms. The highest BCUT2D eigenvalue weighted by atomic mass is 15.1. The predicted molar refractivity (Wildman–Crippen MR) is 75.6 cm³/mol. The lowest BCUT2D eigenvalue weighted by atomic mass is 10.0. The van der Waals surface area contributed by atoms with Gasteiger partial charge in [-0.3, -0.25) is 0 Å². The number of nitrogens with two attached hydrogens (primary N) is 1.